The number of benzene rings is 1. The summed E-state index contributed by atoms with van der Waals surface area (Å²) in [7, 11) is 0. The SMILES string of the molecule is Cc1ccc(C(O)CCN2CC(O)C(O)C2)cc1F. The molecule has 0 aromatic heterocycles. The van der Waals surface area contributed by atoms with Gasteiger partial charge in [0.2, 0.25) is 0 Å². The fraction of sp³-hybridized carbons (Fsp3) is 0.571. The summed E-state index contributed by atoms with van der Waals surface area (Å²) >= 11 is 0. The number of halogens is 1. The minimum absolute atomic E-state index is 0.316. The van der Waals surface area contributed by atoms with Crippen LogP contribution in [0.4, 0.5) is 4.39 Å². The van der Waals surface area contributed by atoms with Crippen LogP contribution in [0.2, 0.25) is 0 Å². The van der Waals surface area contributed by atoms with Crippen molar-refractivity contribution in [1.82, 2.24) is 4.90 Å². The molecule has 0 saturated carbocycles. The van der Waals surface area contributed by atoms with E-state index in [-0.39, 0.29) is 5.82 Å². The predicted molar refractivity (Wildman–Crippen MR) is 69.2 cm³/mol. The van der Waals surface area contributed by atoms with E-state index in [1.807, 2.05) is 4.90 Å². The van der Waals surface area contributed by atoms with Gasteiger partial charge in [0, 0.05) is 19.6 Å². The lowest BCUT2D eigenvalue weighted by atomic mass is 10.0. The van der Waals surface area contributed by atoms with Gasteiger partial charge in [-0.15, -0.1) is 0 Å². The monoisotopic (exact) mass is 269 g/mol. The molecule has 0 amide bonds. The van der Waals surface area contributed by atoms with Gasteiger partial charge in [-0.2, -0.15) is 0 Å². The van der Waals surface area contributed by atoms with Gasteiger partial charge in [0.1, 0.15) is 5.82 Å². The van der Waals surface area contributed by atoms with Crippen LogP contribution in [0.1, 0.15) is 23.7 Å². The number of aliphatic hydroxyl groups is 3. The van der Waals surface area contributed by atoms with Crippen LogP contribution in [0, 0.1) is 12.7 Å². The highest BCUT2D eigenvalue weighted by atomic mass is 19.1. The highest BCUT2D eigenvalue weighted by molar-refractivity contribution is 5.24. The van der Waals surface area contributed by atoms with Crippen molar-refractivity contribution in [2.24, 2.45) is 0 Å². The van der Waals surface area contributed by atoms with Gasteiger partial charge in [0.05, 0.1) is 18.3 Å². The topological polar surface area (TPSA) is 63.9 Å². The highest BCUT2D eigenvalue weighted by Gasteiger charge is 2.29. The van der Waals surface area contributed by atoms with E-state index in [0.29, 0.717) is 37.2 Å². The maximum atomic E-state index is 13.4. The first-order valence-corrected chi connectivity index (χ1v) is 6.50. The zero-order valence-corrected chi connectivity index (χ0v) is 11.0. The van der Waals surface area contributed by atoms with Crippen molar-refractivity contribution in [2.45, 2.75) is 31.7 Å². The van der Waals surface area contributed by atoms with E-state index in [4.69, 9.17) is 0 Å². The molecule has 1 aliphatic heterocycles. The fourth-order valence-corrected chi connectivity index (χ4v) is 2.32. The second-order valence-corrected chi connectivity index (χ2v) is 5.21. The van der Waals surface area contributed by atoms with Crippen LogP contribution in [0.3, 0.4) is 0 Å². The largest absolute Gasteiger partial charge is 0.389 e. The smallest absolute Gasteiger partial charge is 0.126 e. The van der Waals surface area contributed by atoms with E-state index >= 15 is 0 Å². The van der Waals surface area contributed by atoms with Crippen molar-refractivity contribution < 1.29 is 19.7 Å². The molecular weight excluding hydrogens is 249 g/mol. The number of aryl methyl sites for hydroxylation is 1. The Bertz CT molecular complexity index is 431. The molecule has 2 rings (SSSR count). The molecule has 1 heterocycles. The summed E-state index contributed by atoms with van der Waals surface area (Å²) in [4.78, 5) is 1.89. The lowest BCUT2D eigenvalue weighted by molar-refractivity contribution is 0.0572. The van der Waals surface area contributed by atoms with Gasteiger partial charge in [-0.3, -0.25) is 4.90 Å². The molecule has 0 spiro atoms. The summed E-state index contributed by atoms with van der Waals surface area (Å²) in [5.74, 6) is -0.316. The minimum atomic E-state index is -0.731. The first-order chi connectivity index (χ1) is 8.97. The zero-order valence-electron chi connectivity index (χ0n) is 11.0. The molecule has 1 aromatic rings. The number of β-amino-alcohol motifs (C(OH)–C–C–N with tert-alkyl or cyclic N) is 2. The summed E-state index contributed by atoms with van der Waals surface area (Å²) in [5.41, 5.74) is 1.12. The fourth-order valence-electron chi connectivity index (χ4n) is 2.32. The molecule has 1 fully saturated rings. The predicted octanol–water partition coefficient (Wildman–Crippen LogP) is 0.595. The number of nitrogens with zero attached hydrogens (tertiary/aromatic N) is 1. The molecule has 0 aliphatic carbocycles. The third-order valence-corrected chi connectivity index (χ3v) is 3.63. The third-order valence-electron chi connectivity index (χ3n) is 3.63. The molecule has 1 saturated heterocycles. The Hall–Kier alpha value is -1.01. The van der Waals surface area contributed by atoms with Crippen LogP contribution in [0.25, 0.3) is 0 Å². The van der Waals surface area contributed by atoms with Crippen molar-refractivity contribution >= 4 is 0 Å². The van der Waals surface area contributed by atoms with Gasteiger partial charge >= 0.3 is 0 Å². The van der Waals surface area contributed by atoms with Crippen LogP contribution < -0.4 is 0 Å². The Morgan fingerprint density at radius 3 is 2.53 bits per heavy atom. The normalized spacial score (nSPS) is 25.7. The molecule has 3 unspecified atom stereocenters. The maximum Gasteiger partial charge on any atom is 0.126 e. The molecule has 0 bridgehead atoms. The number of rotatable bonds is 4. The first-order valence-electron chi connectivity index (χ1n) is 6.50. The number of hydrogen-bond acceptors (Lipinski definition) is 4. The minimum Gasteiger partial charge on any atom is -0.389 e. The van der Waals surface area contributed by atoms with Crippen molar-refractivity contribution in [3.05, 3.63) is 35.1 Å². The van der Waals surface area contributed by atoms with Gasteiger partial charge in [0.15, 0.2) is 0 Å². The van der Waals surface area contributed by atoms with Gasteiger partial charge in [-0.05, 0) is 30.5 Å². The Morgan fingerprint density at radius 1 is 1.32 bits per heavy atom. The van der Waals surface area contributed by atoms with Crippen LogP contribution in [-0.2, 0) is 0 Å². The van der Waals surface area contributed by atoms with Crippen LogP contribution >= 0.6 is 0 Å². The second kappa shape index (κ2) is 5.96. The van der Waals surface area contributed by atoms with E-state index in [1.165, 1.54) is 6.07 Å². The van der Waals surface area contributed by atoms with Gasteiger partial charge < -0.3 is 15.3 Å². The van der Waals surface area contributed by atoms with Gasteiger partial charge in [-0.25, -0.2) is 4.39 Å². The maximum absolute atomic E-state index is 13.4. The summed E-state index contributed by atoms with van der Waals surface area (Å²) in [6.07, 6.45) is -1.71. The molecule has 3 atom stereocenters. The summed E-state index contributed by atoms with van der Waals surface area (Å²) in [6, 6.07) is 4.72. The summed E-state index contributed by atoms with van der Waals surface area (Å²) < 4.78 is 13.4. The van der Waals surface area contributed by atoms with Crippen molar-refractivity contribution in [3.63, 3.8) is 0 Å². The Morgan fingerprint density at radius 2 is 1.95 bits per heavy atom. The van der Waals surface area contributed by atoms with Gasteiger partial charge in [0.25, 0.3) is 0 Å². The standard InChI is InChI=1S/C14H20FNO3/c1-9-2-3-10(6-11(9)15)12(17)4-5-16-7-13(18)14(19)8-16/h2-3,6,12-14,17-19H,4-5,7-8H2,1H3. The number of aliphatic hydroxyl groups excluding tert-OH is 3. The number of hydrogen-bond donors (Lipinski definition) is 3. The van der Waals surface area contributed by atoms with Crippen molar-refractivity contribution in [1.29, 1.82) is 0 Å². The van der Waals surface area contributed by atoms with Gasteiger partial charge in [-0.1, -0.05) is 12.1 Å². The van der Waals surface area contributed by atoms with E-state index in [2.05, 4.69) is 0 Å². The third kappa shape index (κ3) is 3.51. The van der Waals surface area contributed by atoms with Crippen LogP contribution in [0.5, 0.6) is 0 Å². The molecule has 1 aliphatic rings. The van der Waals surface area contributed by atoms with E-state index in [9.17, 15) is 19.7 Å². The van der Waals surface area contributed by atoms with E-state index in [1.54, 1.807) is 19.1 Å². The highest BCUT2D eigenvalue weighted by Crippen LogP contribution is 2.21. The van der Waals surface area contributed by atoms with Crippen LogP contribution in [-0.4, -0.2) is 52.1 Å². The van der Waals surface area contributed by atoms with E-state index in [0.717, 1.165) is 0 Å². The quantitative estimate of drug-likeness (QED) is 0.749. The van der Waals surface area contributed by atoms with Crippen LogP contribution in [0.15, 0.2) is 18.2 Å². The molecular formula is C14H20FNO3. The molecule has 106 valence electrons. The summed E-state index contributed by atoms with van der Waals surface area (Å²) in [6.45, 7) is 3.07. The molecule has 3 N–H and O–H groups in total. The Kier molecular flexibility index (Phi) is 4.52. The van der Waals surface area contributed by atoms with Crippen molar-refractivity contribution in [2.75, 3.05) is 19.6 Å². The lowest BCUT2D eigenvalue weighted by Crippen LogP contribution is -2.24. The molecule has 5 heteroatoms. The second-order valence-electron chi connectivity index (χ2n) is 5.21. The number of likely N-dealkylation sites (tertiary alicyclic amines) is 1. The summed E-state index contributed by atoms with van der Waals surface area (Å²) in [5, 5.41) is 28.8. The average Bonchev–Trinajstić information content (AvgIpc) is 2.69. The molecule has 19 heavy (non-hydrogen) atoms. The molecule has 4 nitrogen and oxygen atoms in total. The lowest BCUT2D eigenvalue weighted by Gasteiger charge is -2.18. The Labute approximate surface area is 112 Å². The molecule has 0 radical (unpaired) electrons. The first kappa shape index (κ1) is 14.4. The zero-order chi connectivity index (χ0) is 14.0. The van der Waals surface area contributed by atoms with Crippen molar-refractivity contribution in [3.8, 4) is 0 Å². The molecule has 1 aromatic carbocycles. The Balaban J connectivity index is 1.87. The average molecular weight is 269 g/mol. The van der Waals surface area contributed by atoms with E-state index < -0.39 is 18.3 Å².